The van der Waals surface area contributed by atoms with E-state index < -0.39 is 5.79 Å². The molecule has 1 aromatic carbocycles. The van der Waals surface area contributed by atoms with E-state index >= 15 is 0 Å². The van der Waals surface area contributed by atoms with Gasteiger partial charge in [0.25, 0.3) is 0 Å². The Morgan fingerprint density at radius 2 is 2.05 bits per heavy atom. The Balaban J connectivity index is 1.40. The molecule has 1 N–H and O–H groups in total. The number of hydrogen-bond acceptors (Lipinski definition) is 5. The second kappa shape index (κ2) is 5.61. The standard InChI is InChI=1S/C16H18N2O3S/c19-15(11-3-5-16(6-4-11)20-7-8-21-16)18-12-1-2-14-13(9-12)17-10-22-14/h1-2,9-11H,3-8H2,(H,18,19). The molecule has 0 radical (unpaired) electrons. The normalized spacial score (nSPS) is 21.5. The van der Waals surface area contributed by atoms with Crippen LogP contribution in [-0.2, 0) is 14.3 Å². The Bertz CT molecular complexity index is 684. The molecule has 1 aliphatic carbocycles. The van der Waals surface area contributed by atoms with E-state index in [1.165, 1.54) is 0 Å². The maximum atomic E-state index is 12.4. The maximum absolute atomic E-state index is 12.4. The number of ether oxygens (including phenoxy) is 2. The number of carbonyl (C=O) groups is 1. The quantitative estimate of drug-likeness (QED) is 0.924. The zero-order chi connectivity index (χ0) is 15.0. The first-order chi connectivity index (χ1) is 10.7. The molecule has 22 heavy (non-hydrogen) atoms. The van der Waals surface area contributed by atoms with E-state index in [0.29, 0.717) is 13.2 Å². The zero-order valence-corrected chi connectivity index (χ0v) is 13.0. The topological polar surface area (TPSA) is 60.5 Å². The minimum Gasteiger partial charge on any atom is -0.348 e. The fraction of sp³-hybridized carbons (Fsp3) is 0.500. The van der Waals surface area contributed by atoms with Crippen molar-refractivity contribution in [2.24, 2.45) is 5.92 Å². The van der Waals surface area contributed by atoms with Crippen molar-refractivity contribution in [2.45, 2.75) is 31.5 Å². The van der Waals surface area contributed by atoms with Crippen LogP contribution in [0.2, 0.25) is 0 Å². The second-order valence-corrected chi connectivity index (χ2v) is 6.79. The van der Waals surface area contributed by atoms with Crippen molar-refractivity contribution in [1.82, 2.24) is 4.98 Å². The van der Waals surface area contributed by atoms with Crippen LogP contribution in [0.3, 0.4) is 0 Å². The summed E-state index contributed by atoms with van der Waals surface area (Å²) in [4.78, 5) is 16.7. The fourth-order valence-electron chi connectivity index (χ4n) is 3.29. The highest BCUT2D eigenvalue weighted by atomic mass is 32.1. The smallest absolute Gasteiger partial charge is 0.227 e. The van der Waals surface area contributed by atoms with Gasteiger partial charge in [0.15, 0.2) is 5.79 Å². The van der Waals surface area contributed by atoms with Gasteiger partial charge in [0.05, 0.1) is 28.9 Å². The average Bonchev–Trinajstić information content (AvgIpc) is 3.17. The largest absolute Gasteiger partial charge is 0.348 e. The molecule has 1 saturated carbocycles. The lowest BCUT2D eigenvalue weighted by atomic mass is 9.84. The van der Waals surface area contributed by atoms with E-state index in [-0.39, 0.29) is 11.8 Å². The lowest BCUT2D eigenvalue weighted by Gasteiger charge is -2.34. The first-order valence-corrected chi connectivity index (χ1v) is 8.54. The lowest BCUT2D eigenvalue weighted by molar-refractivity contribution is -0.182. The highest BCUT2D eigenvalue weighted by Crippen LogP contribution is 2.38. The van der Waals surface area contributed by atoms with Gasteiger partial charge in [-0.05, 0) is 31.0 Å². The third-order valence-corrected chi connectivity index (χ3v) is 5.34. The Hall–Kier alpha value is -1.50. The summed E-state index contributed by atoms with van der Waals surface area (Å²) in [5.41, 5.74) is 3.56. The number of nitrogens with zero attached hydrogens (tertiary/aromatic N) is 1. The van der Waals surface area contributed by atoms with Gasteiger partial charge in [-0.1, -0.05) is 0 Å². The summed E-state index contributed by atoms with van der Waals surface area (Å²) in [6, 6.07) is 5.86. The summed E-state index contributed by atoms with van der Waals surface area (Å²) in [6.45, 7) is 1.34. The van der Waals surface area contributed by atoms with Crippen LogP contribution in [-0.4, -0.2) is 29.9 Å². The molecule has 5 nitrogen and oxygen atoms in total. The number of carbonyl (C=O) groups excluding carboxylic acids is 1. The van der Waals surface area contributed by atoms with Crippen molar-refractivity contribution < 1.29 is 14.3 Å². The van der Waals surface area contributed by atoms with Crippen molar-refractivity contribution in [3.8, 4) is 0 Å². The predicted octanol–water partition coefficient (Wildman–Crippen LogP) is 3.17. The minimum atomic E-state index is -0.406. The molecule has 1 amide bonds. The van der Waals surface area contributed by atoms with Gasteiger partial charge in [0.1, 0.15) is 0 Å². The Labute approximate surface area is 132 Å². The number of hydrogen-bond donors (Lipinski definition) is 1. The number of benzene rings is 1. The van der Waals surface area contributed by atoms with Gasteiger partial charge in [0.2, 0.25) is 5.91 Å². The van der Waals surface area contributed by atoms with Gasteiger partial charge < -0.3 is 14.8 Å². The van der Waals surface area contributed by atoms with E-state index in [9.17, 15) is 4.79 Å². The van der Waals surface area contributed by atoms with Gasteiger partial charge >= 0.3 is 0 Å². The molecule has 0 unspecified atom stereocenters. The minimum absolute atomic E-state index is 0.0320. The summed E-state index contributed by atoms with van der Waals surface area (Å²) in [6.07, 6.45) is 3.22. The molecule has 0 bridgehead atoms. The highest BCUT2D eigenvalue weighted by molar-refractivity contribution is 7.16. The number of aromatic nitrogens is 1. The van der Waals surface area contributed by atoms with Gasteiger partial charge in [0, 0.05) is 24.4 Å². The molecule has 2 aromatic rings. The molecule has 2 fully saturated rings. The Morgan fingerprint density at radius 1 is 1.27 bits per heavy atom. The van der Waals surface area contributed by atoms with Crippen LogP contribution >= 0.6 is 11.3 Å². The molecule has 2 heterocycles. The molecule has 1 aliphatic heterocycles. The SMILES string of the molecule is O=C(Nc1ccc2scnc2c1)C1CCC2(CC1)OCCO2. The van der Waals surface area contributed by atoms with Crippen molar-refractivity contribution in [2.75, 3.05) is 18.5 Å². The zero-order valence-electron chi connectivity index (χ0n) is 12.2. The first kappa shape index (κ1) is 14.1. The molecule has 2 aliphatic rings. The second-order valence-electron chi connectivity index (χ2n) is 5.91. The van der Waals surface area contributed by atoms with E-state index in [1.54, 1.807) is 11.3 Å². The average molecular weight is 318 g/mol. The lowest BCUT2D eigenvalue weighted by Crippen LogP contribution is -2.38. The molecule has 1 spiro atoms. The summed E-state index contributed by atoms with van der Waals surface area (Å²) < 4.78 is 12.5. The Morgan fingerprint density at radius 3 is 2.82 bits per heavy atom. The number of amides is 1. The molecule has 1 aromatic heterocycles. The molecular weight excluding hydrogens is 300 g/mol. The van der Waals surface area contributed by atoms with Gasteiger partial charge in [-0.3, -0.25) is 4.79 Å². The number of thiazole rings is 1. The van der Waals surface area contributed by atoms with Crippen molar-refractivity contribution in [1.29, 1.82) is 0 Å². The summed E-state index contributed by atoms with van der Waals surface area (Å²) in [5.74, 6) is -0.289. The van der Waals surface area contributed by atoms with Gasteiger partial charge in [-0.2, -0.15) is 0 Å². The third kappa shape index (κ3) is 2.62. The molecule has 4 rings (SSSR count). The predicted molar refractivity (Wildman–Crippen MR) is 84.8 cm³/mol. The summed E-state index contributed by atoms with van der Waals surface area (Å²) >= 11 is 1.60. The number of anilines is 1. The monoisotopic (exact) mass is 318 g/mol. The van der Waals surface area contributed by atoms with Crippen LogP contribution in [0, 0.1) is 5.92 Å². The third-order valence-electron chi connectivity index (χ3n) is 4.53. The van der Waals surface area contributed by atoms with E-state index in [4.69, 9.17) is 9.47 Å². The fourth-order valence-corrected chi connectivity index (χ4v) is 3.94. The van der Waals surface area contributed by atoms with Crippen LogP contribution in [0.4, 0.5) is 5.69 Å². The van der Waals surface area contributed by atoms with E-state index in [0.717, 1.165) is 41.6 Å². The van der Waals surface area contributed by atoms with Gasteiger partial charge in [-0.15, -0.1) is 11.3 Å². The number of rotatable bonds is 2. The number of fused-ring (bicyclic) bond motifs is 1. The highest BCUT2D eigenvalue weighted by Gasteiger charge is 2.41. The van der Waals surface area contributed by atoms with Crippen LogP contribution in [0.5, 0.6) is 0 Å². The molecule has 116 valence electrons. The summed E-state index contributed by atoms with van der Waals surface area (Å²) in [5, 5.41) is 3.02. The van der Waals surface area contributed by atoms with E-state index in [2.05, 4.69) is 10.3 Å². The molecule has 0 atom stereocenters. The van der Waals surface area contributed by atoms with Crippen molar-refractivity contribution in [3.63, 3.8) is 0 Å². The maximum Gasteiger partial charge on any atom is 0.227 e. The van der Waals surface area contributed by atoms with Crippen LogP contribution in [0.15, 0.2) is 23.7 Å². The first-order valence-electron chi connectivity index (χ1n) is 7.66. The van der Waals surface area contributed by atoms with Crippen molar-refractivity contribution >= 4 is 33.1 Å². The molecule has 6 heteroatoms. The van der Waals surface area contributed by atoms with E-state index in [1.807, 2.05) is 23.7 Å². The summed E-state index contributed by atoms with van der Waals surface area (Å²) in [7, 11) is 0. The van der Waals surface area contributed by atoms with Crippen LogP contribution in [0.25, 0.3) is 10.2 Å². The van der Waals surface area contributed by atoms with Gasteiger partial charge in [-0.25, -0.2) is 4.98 Å². The van der Waals surface area contributed by atoms with Crippen LogP contribution < -0.4 is 5.32 Å². The van der Waals surface area contributed by atoms with Crippen molar-refractivity contribution in [3.05, 3.63) is 23.7 Å². The number of nitrogens with one attached hydrogen (secondary N) is 1. The Kier molecular flexibility index (Phi) is 3.60. The molecular formula is C16H18N2O3S. The molecule has 1 saturated heterocycles. The van der Waals surface area contributed by atoms with Crippen LogP contribution in [0.1, 0.15) is 25.7 Å².